The highest BCUT2D eigenvalue weighted by molar-refractivity contribution is 5.31. The zero-order valence-electron chi connectivity index (χ0n) is 14.5. The minimum Gasteiger partial charge on any atom is -0.393 e. The lowest BCUT2D eigenvalue weighted by Gasteiger charge is -2.57. The van der Waals surface area contributed by atoms with Crippen molar-refractivity contribution >= 4 is 0 Å². The summed E-state index contributed by atoms with van der Waals surface area (Å²) in [6.07, 6.45) is 13.4. The van der Waals surface area contributed by atoms with Crippen molar-refractivity contribution < 1.29 is 5.11 Å². The standard InChI is InChI=1S/C21H29NO/c1-20-11-8-19-17(18(20)6-4-14(20)9-12-22)5-3-15-13-16(23)7-10-21(15,19)2/h3,9,16-19,23H,4-8,10-11,13H2,1-2H3/t16-,17-,18-,19-,20+,21-/m0/s1. The van der Waals surface area contributed by atoms with Gasteiger partial charge in [0.2, 0.25) is 0 Å². The van der Waals surface area contributed by atoms with E-state index in [0.29, 0.717) is 5.41 Å². The molecule has 3 saturated carbocycles. The van der Waals surface area contributed by atoms with Gasteiger partial charge in [0.15, 0.2) is 0 Å². The largest absolute Gasteiger partial charge is 0.393 e. The molecule has 0 aromatic heterocycles. The molecule has 124 valence electrons. The van der Waals surface area contributed by atoms with Crippen LogP contribution in [0.3, 0.4) is 0 Å². The van der Waals surface area contributed by atoms with E-state index in [-0.39, 0.29) is 11.5 Å². The van der Waals surface area contributed by atoms with Gasteiger partial charge in [-0.05, 0) is 80.0 Å². The first kappa shape index (κ1) is 15.5. The van der Waals surface area contributed by atoms with Crippen LogP contribution in [0.4, 0.5) is 0 Å². The van der Waals surface area contributed by atoms with E-state index in [0.717, 1.165) is 43.4 Å². The number of rotatable bonds is 0. The molecule has 6 atom stereocenters. The molecule has 0 bridgehead atoms. The van der Waals surface area contributed by atoms with Crippen molar-refractivity contribution in [1.82, 2.24) is 0 Å². The molecular weight excluding hydrogens is 282 g/mol. The first-order valence-corrected chi connectivity index (χ1v) is 9.46. The molecule has 0 heterocycles. The van der Waals surface area contributed by atoms with Crippen molar-refractivity contribution in [2.45, 2.75) is 71.3 Å². The Morgan fingerprint density at radius 1 is 1.17 bits per heavy atom. The average molecular weight is 311 g/mol. The minimum atomic E-state index is -0.114. The van der Waals surface area contributed by atoms with Crippen LogP contribution in [0.1, 0.15) is 65.2 Å². The van der Waals surface area contributed by atoms with Gasteiger partial charge in [-0.3, -0.25) is 0 Å². The fraction of sp³-hybridized carbons (Fsp3) is 0.762. The number of hydrogen-bond donors (Lipinski definition) is 1. The fourth-order valence-corrected chi connectivity index (χ4v) is 6.80. The second-order valence-corrected chi connectivity index (χ2v) is 8.95. The lowest BCUT2D eigenvalue weighted by atomic mass is 9.48. The Kier molecular flexibility index (Phi) is 3.50. The molecule has 23 heavy (non-hydrogen) atoms. The smallest absolute Gasteiger partial charge is 0.0911 e. The molecule has 0 aliphatic heterocycles. The molecule has 4 aliphatic carbocycles. The lowest BCUT2D eigenvalue weighted by molar-refractivity contribution is -0.0268. The number of nitriles is 1. The highest BCUT2D eigenvalue weighted by Crippen LogP contribution is 2.66. The Labute approximate surface area is 140 Å². The van der Waals surface area contributed by atoms with E-state index in [1.807, 2.05) is 6.08 Å². The summed E-state index contributed by atoms with van der Waals surface area (Å²) in [5.41, 5.74) is 3.56. The van der Waals surface area contributed by atoms with Crippen molar-refractivity contribution in [3.8, 4) is 6.07 Å². The molecule has 4 rings (SSSR count). The summed E-state index contributed by atoms with van der Waals surface area (Å²) in [4.78, 5) is 0. The minimum absolute atomic E-state index is 0.114. The number of hydrogen-bond acceptors (Lipinski definition) is 2. The Balaban J connectivity index is 1.68. The second kappa shape index (κ2) is 5.21. The third-order valence-electron chi connectivity index (χ3n) is 8.16. The number of aliphatic hydroxyl groups excluding tert-OH is 1. The van der Waals surface area contributed by atoms with Crippen LogP contribution < -0.4 is 0 Å². The van der Waals surface area contributed by atoms with Crippen LogP contribution in [0.25, 0.3) is 0 Å². The van der Waals surface area contributed by atoms with E-state index in [1.165, 1.54) is 31.3 Å². The van der Waals surface area contributed by atoms with E-state index < -0.39 is 0 Å². The Morgan fingerprint density at radius 3 is 2.70 bits per heavy atom. The van der Waals surface area contributed by atoms with Crippen LogP contribution in [-0.4, -0.2) is 11.2 Å². The number of fused-ring (bicyclic) bond motifs is 5. The highest BCUT2D eigenvalue weighted by Gasteiger charge is 2.57. The predicted molar refractivity (Wildman–Crippen MR) is 91.4 cm³/mol. The zero-order chi connectivity index (χ0) is 16.2. The van der Waals surface area contributed by atoms with Gasteiger partial charge < -0.3 is 5.11 Å². The van der Waals surface area contributed by atoms with Gasteiger partial charge >= 0.3 is 0 Å². The van der Waals surface area contributed by atoms with Crippen molar-refractivity contribution in [2.75, 3.05) is 0 Å². The topological polar surface area (TPSA) is 44.0 Å². The number of allylic oxidation sites excluding steroid dienone is 3. The molecule has 3 fully saturated rings. The maximum absolute atomic E-state index is 10.1. The number of aliphatic hydroxyl groups is 1. The van der Waals surface area contributed by atoms with E-state index >= 15 is 0 Å². The molecule has 0 radical (unpaired) electrons. The molecule has 4 aliphatic rings. The van der Waals surface area contributed by atoms with Crippen LogP contribution in [0.5, 0.6) is 0 Å². The molecule has 0 saturated heterocycles. The molecular formula is C21H29NO. The third kappa shape index (κ3) is 2.09. The molecule has 0 unspecified atom stereocenters. The van der Waals surface area contributed by atoms with Gasteiger partial charge in [0, 0.05) is 6.08 Å². The molecule has 0 spiro atoms. The van der Waals surface area contributed by atoms with Gasteiger partial charge in [0.25, 0.3) is 0 Å². The third-order valence-corrected chi connectivity index (χ3v) is 8.16. The van der Waals surface area contributed by atoms with Crippen LogP contribution in [-0.2, 0) is 0 Å². The summed E-state index contributed by atoms with van der Waals surface area (Å²) in [6, 6.07) is 2.30. The van der Waals surface area contributed by atoms with Crippen molar-refractivity contribution in [3.05, 3.63) is 23.3 Å². The summed E-state index contributed by atoms with van der Waals surface area (Å²) < 4.78 is 0. The Hall–Kier alpha value is -1.07. The molecule has 1 N–H and O–H groups in total. The summed E-state index contributed by atoms with van der Waals surface area (Å²) in [6.45, 7) is 4.90. The first-order chi connectivity index (χ1) is 11.0. The molecule has 2 nitrogen and oxygen atoms in total. The van der Waals surface area contributed by atoms with Gasteiger partial charge in [-0.2, -0.15) is 5.26 Å². The summed E-state index contributed by atoms with van der Waals surface area (Å²) >= 11 is 0. The predicted octanol–water partition coefficient (Wildman–Crippen LogP) is 4.76. The van der Waals surface area contributed by atoms with E-state index in [9.17, 15) is 5.11 Å². The summed E-state index contributed by atoms with van der Waals surface area (Å²) in [7, 11) is 0. The van der Waals surface area contributed by atoms with Crippen LogP contribution >= 0.6 is 0 Å². The first-order valence-electron chi connectivity index (χ1n) is 9.46. The molecule has 0 amide bonds. The lowest BCUT2D eigenvalue weighted by Crippen LogP contribution is -2.49. The van der Waals surface area contributed by atoms with Crippen molar-refractivity contribution in [1.29, 1.82) is 5.26 Å². The number of nitrogens with zero attached hydrogens (tertiary/aromatic N) is 1. The van der Waals surface area contributed by atoms with Crippen LogP contribution in [0.2, 0.25) is 0 Å². The van der Waals surface area contributed by atoms with Gasteiger partial charge in [-0.15, -0.1) is 0 Å². The van der Waals surface area contributed by atoms with Gasteiger partial charge in [-0.25, -0.2) is 0 Å². The zero-order valence-corrected chi connectivity index (χ0v) is 14.5. The van der Waals surface area contributed by atoms with Crippen LogP contribution in [0.15, 0.2) is 23.3 Å². The SMILES string of the molecule is C[C@]12CC[C@H](O)CC1=CC[C@@H]1[C@@H]2CC[C@]2(C)C(=CC#N)CC[C@@H]12. The molecule has 2 heteroatoms. The van der Waals surface area contributed by atoms with E-state index in [4.69, 9.17) is 5.26 Å². The highest BCUT2D eigenvalue weighted by atomic mass is 16.3. The second-order valence-electron chi connectivity index (χ2n) is 8.95. The monoisotopic (exact) mass is 311 g/mol. The quantitative estimate of drug-likeness (QED) is 0.518. The summed E-state index contributed by atoms with van der Waals surface area (Å²) in [5, 5.41) is 19.2. The average Bonchev–Trinajstić information content (AvgIpc) is 2.85. The van der Waals surface area contributed by atoms with Crippen LogP contribution in [0, 0.1) is 39.9 Å². The van der Waals surface area contributed by atoms with Crippen molar-refractivity contribution in [2.24, 2.45) is 28.6 Å². The van der Waals surface area contributed by atoms with Gasteiger partial charge in [0.1, 0.15) is 0 Å². The van der Waals surface area contributed by atoms with Gasteiger partial charge in [0.05, 0.1) is 12.2 Å². The summed E-state index contributed by atoms with van der Waals surface area (Å²) in [5.74, 6) is 2.32. The molecule has 0 aromatic rings. The Bertz CT molecular complexity index is 612. The Morgan fingerprint density at radius 2 is 1.91 bits per heavy atom. The maximum atomic E-state index is 10.1. The molecule has 0 aromatic carbocycles. The van der Waals surface area contributed by atoms with E-state index in [1.54, 1.807) is 5.57 Å². The fourth-order valence-electron chi connectivity index (χ4n) is 6.80. The maximum Gasteiger partial charge on any atom is 0.0911 e. The van der Waals surface area contributed by atoms with Crippen molar-refractivity contribution in [3.63, 3.8) is 0 Å². The van der Waals surface area contributed by atoms with Gasteiger partial charge in [-0.1, -0.05) is 31.1 Å². The normalized spacial score (nSPS) is 50.5. The van der Waals surface area contributed by atoms with E-state index in [2.05, 4.69) is 26.0 Å².